The number of nitrogens with one attached hydrogen (secondary N) is 1. The van der Waals surface area contributed by atoms with Crippen molar-refractivity contribution in [2.45, 2.75) is 51.0 Å². The Balaban J connectivity index is 2.94. The molecule has 0 bridgehead atoms. The second-order valence-electron chi connectivity index (χ2n) is 5.35. The fraction of sp³-hybridized carbons (Fsp3) is 0.917. The minimum absolute atomic E-state index is 0.155. The normalized spacial score (nSPS) is 18.8. The highest BCUT2D eigenvalue weighted by molar-refractivity contribution is 5.75. The molecule has 3 nitrogen and oxygen atoms in total. The molecular formula is C12H18F6N2O. The summed E-state index contributed by atoms with van der Waals surface area (Å²) in [5, 5.41) is 1.18. The van der Waals surface area contributed by atoms with Crippen molar-refractivity contribution >= 4 is 6.03 Å². The molecule has 0 aromatic rings. The Labute approximate surface area is 118 Å². The molecule has 0 aromatic carbocycles. The molecule has 21 heavy (non-hydrogen) atoms. The van der Waals surface area contributed by atoms with E-state index in [1.807, 2.05) is 6.92 Å². The molecule has 0 spiro atoms. The number of likely N-dealkylation sites (tertiary alicyclic amines) is 1. The van der Waals surface area contributed by atoms with E-state index in [2.05, 4.69) is 0 Å². The van der Waals surface area contributed by atoms with E-state index in [0.29, 0.717) is 18.8 Å². The van der Waals surface area contributed by atoms with Gasteiger partial charge < -0.3 is 10.2 Å². The number of carbonyl (C=O) groups is 1. The summed E-state index contributed by atoms with van der Waals surface area (Å²) in [6.07, 6.45) is -11.4. The molecule has 0 aliphatic carbocycles. The van der Waals surface area contributed by atoms with Gasteiger partial charge in [-0.2, -0.15) is 26.3 Å². The lowest BCUT2D eigenvalue weighted by Crippen LogP contribution is -2.69. The van der Waals surface area contributed by atoms with Crippen LogP contribution < -0.4 is 5.32 Å². The predicted octanol–water partition coefficient (Wildman–Crippen LogP) is 3.70. The van der Waals surface area contributed by atoms with Crippen LogP contribution in [0.3, 0.4) is 0 Å². The van der Waals surface area contributed by atoms with Crippen molar-refractivity contribution < 1.29 is 31.1 Å². The van der Waals surface area contributed by atoms with Gasteiger partial charge in [-0.15, -0.1) is 0 Å². The van der Waals surface area contributed by atoms with Crippen molar-refractivity contribution in [3.63, 3.8) is 0 Å². The number of hydrogen-bond acceptors (Lipinski definition) is 1. The molecule has 1 fully saturated rings. The molecule has 1 heterocycles. The molecule has 9 heteroatoms. The molecule has 1 aliphatic rings. The number of alkyl halides is 6. The van der Waals surface area contributed by atoms with Crippen molar-refractivity contribution in [3.05, 3.63) is 0 Å². The number of nitrogens with zero attached hydrogens (tertiary/aromatic N) is 1. The SMILES string of the molecule is CCC(NC(=O)N1CCC(C)CC1)(C(F)(F)F)C(F)(F)F. The summed E-state index contributed by atoms with van der Waals surface area (Å²) in [6.45, 7) is 2.97. The zero-order valence-corrected chi connectivity index (χ0v) is 11.7. The van der Waals surface area contributed by atoms with Gasteiger partial charge in [-0.1, -0.05) is 13.8 Å². The van der Waals surface area contributed by atoms with Gasteiger partial charge in [-0.05, 0) is 25.2 Å². The fourth-order valence-corrected chi connectivity index (χ4v) is 2.27. The maximum Gasteiger partial charge on any atom is 0.420 e. The zero-order chi connectivity index (χ0) is 16.5. The minimum Gasteiger partial charge on any atom is -0.325 e. The molecule has 1 rings (SSSR count). The first-order valence-electron chi connectivity index (χ1n) is 6.65. The van der Waals surface area contributed by atoms with Crippen LogP contribution in [0.15, 0.2) is 0 Å². The maximum absolute atomic E-state index is 12.9. The second-order valence-corrected chi connectivity index (χ2v) is 5.35. The van der Waals surface area contributed by atoms with Crippen LogP contribution in [0.1, 0.15) is 33.1 Å². The average Bonchev–Trinajstić information content (AvgIpc) is 2.33. The van der Waals surface area contributed by atoms with E-state index >= 15 is 0 Å². The molecule has 0 aromatic heterocycles. The van der Waals surface area contributed by atoms with Gasteiger partial charge in [0.25, 0.3) is 0 Å². The quantitative estimate of drug-likeness (QED) is 0.773. The van der Waals surface area contributed by atoms with Gasteiger partial charge in [-0.25, -0.2) is 4.79 Å². The molecule has 1 N–H and O–H groups in total. The van der Waals surface area contributed by atoms with Gasteiger partial charge in [0.15, 0.2) is 0 Å². The summed E-state index contributed by atoms with van der Waals surface area (Å²) in [5.74, 6) is 0.301. The van der Waals surface area contributed by atoms with Gasteiger partial charge in [0, 0.05) is 13.1 Å². The highest BCUT2D eigenvalue weighted by atomic mass is 19.4. The van der Waals surface area contributed by atoms with Crippen molar-refractivity contribution in [2.24, 2.45) is 5.92 Å². The van der Waals surface area contributed by atoms with Crippen LogP contribution >= 0.6 is 0 Å². The van der Waals surface area contributed by atoms with E-state index in [9.17, 15) is 31.1 Å². The van der Waals surface area contributed by atoms with E-state index in [1.165, 1.54) is 5.32 Å². The van der Waals surface area contributed by atoms with E-state index < -0.39 is 30.3 Å². The highest BCUT2D eigenvalue weighted by Crippen LogP contribution is 2.45. The number of piperidine rings is 1. The minimum atomic E-state index is -5.61. The van der Waals surface area contributed by atoms with Crippen LogP contribution in [0.2, 0.25) is 0 Å². The van der Waals surface area contributed by atoms with Crippen LogP contribution in [0.5, 0.6) is 0 Å². The number of rotatable bonds is 2. The Hall–Kier alpha value is -1.15. The number of halogens is 6. The lowest BCUT2D eigenvalue weighted by molar-refractivity contribution is -0.305. The van der Waals surface area contributed by atoms with Crippen molar-refractivity contribution in [1.29, 1.82) is 0 Å². The Morgan fingerprint density at radius 1 is 1.10 bits per heavy atom. The van der Waals surface area contributed by atoms with Gasteiger partial charge >= 0.3 is 18.4 Å². The van der Waals surface area contributed by atoms with Crippen molar-refractivity contribution in [3.8, 4) is 0 Å². The average molecular weight is 320 g/mol. The molecule has 0 unspecified atom stereocenters. The Bertz CT molecular complexity index is 357. The predicted molar refractivity (Wildman–Crippen MR) is 63.6 cm³/mol. The second kappa shape index (κ2) is 5.92. The molecular weight excluding hydrogens is 302 g/mol. The van der Waals surface area contributed by atoms with Gasteiger partial charge in [-0.3, -0.25) is 0 Å². The Morgan fingerprint density at radius 2 is 1.52 bits per heavy atom. The Kier molecular flexibility index (Phi) is 5.05. The molecule has 0 atom stereocenters. The first-order valence-corrected chi connectivity index (χ1v) is 6.65. The maximum atomic E-state index is 12.9. The monoisotopic (exact) mass is 320 g/mol. The third kappa shape index (κ3) is 3.55. The first-order chi connectivity index (χ1) is 9.44. The van der Waals surface area contributed by atoms with E-state index in [4.69, 9.17) is 0 Å². The van der Waals surface area contributed by atoms with Gasteiger partial charge in [0.05, 0.1) is 0 Å². The summed E-state index contributed by atoms with van der Waals surface area (Å²) in [7, 11) is 0. The molecule has 0 radical (unpaired) electrons. The number of hydrogen-bond donors (Lipinski definition) is 1. The number of carbonyl (C=O) groups excluding carboxylic acids is 1. The largest absolute Gasteiger partial charge is 0.420 e. The summed E-state index contributed by atoms with van der Waals surface area (Å²) in [4.78, 5) is 12.8. The Morgan fingerprint density at radius 3 is 1.86 bits per heavy atom. The van der Waals surface area contributed by atoms with Crippen LogP contribution in [-0.2, 0) is 0 Å². The van der Waals surface area contributed by atoms with Crippen LogP contribution in [0.25, 0.3) is 0 Å². The fourth-order valence-electron chi connectivity index (χ4n) is 2.27. The lowest BCUT2D eigenvalue weighted by atomic mass is 9.94. The van der Waals surface area contributed by atoms with E-state index in [0.717, 1.165) is 11.8 Å². The first kappa shape index (κ1) is 17.9. The van der Waals surface area contributed by atoms with Crippen LogP contribution in [-0.4, -0.2) is 41.9 Å². The number of amides is 2. The standard InChI is InChI=1S/C12H18F6N2O/c1-3-10(11(13,14)15,12(16,17)18)19-9(21)20-6-4-8(2)5-7-20/h8H,3-7H2,1-2H3,(H,19,21). The third-order valence-electron chi connectivity index (χ3n) is 3.89. The summed E-state index contributed by atoms with van der Waals surface area (Å²) in [5.41, 5.74) is -4.21. The molecule has 2 amide bonds. The van der Waals surface area contributed by atoms with Gasteiger partial charge in [0.1, 0.15) is 0 Å². The number of urea groups is 1. The van der Waals surface area contributed by atoms with Gasteiger partial charge in [0.2, 0.25) is 5.54 Å². The lowest BCUT2D eigenvalue weighted by Gasteiger charge is -2.39. The molecule has 1 saturated heterocycles. The summed E-state index contributed by atoms with van der Waals surface area (Å²) >= 11 is 0. The summed E-state index contributed by atoms with van der Waals surface area (Å²) < 4.78 is 77.4. The van der Waals surface area contributed by atoms with Crippen molar-refractivity contribution in [2.75, 3.05) is 13.1 Å². The van der Waals surface area contributed by atoms with E-state index in [-0.39, 0.29) is 13.1 Å². The topological polar surface area (TPSA) is 32.3 Å². The third-order valence-corrected chi connectivity index (χ3v) is 3.89. The van der Waals surface area contributed by atoms with Crippen LogP contribution in [0, 0.1) is 5.92 Å². The summed E-state index contributed by atoms with van der Waals surface area (Å²) in [6, 6.07) is -1.32. The smallest absolute Gasteiger partial charge is 0.325 e. The van der Waals surface area contributed by atoms with E-state index in [1.54, 1.807) is 0 Å². The van der Waals surface area contributed by atoms with Crippen LogP contribution in [0.4, 0.5) is 31.1 Å². The molecule has 124 valence electrons. The molecule has 0 saturated carbocycles. The zero-order valence-electron chi connectivity index (χ0n) is 11.7. The highest BCUT2D eigenvalue weighted by Gasteiger charge is 2.70. The van der Waals surface area contributed by atoms with Crippen molar-refractivity contribution in [1.82, 2.24) is 10.2 Å². The molecule has 1 aliphatic heterocycles.